The third kappa shape index (κ3) is 4.93. The third-order valence-corrected chi connectivity index (χ3v) is 8.65. The number of aryl methyl sites for hydroxylation is 1. The predicted octanol–water partition coefficient (Wildman–Crippen LogP) is 2.78. The Balaban J connectivity index is 1.26. The number of thiazole rings is 1. The highest BCUT2D eigenvalue weighted by atomic mass is 35.5. The summed E-state index contributed by atoms with van der Waals surface area (Å²) >= 11 is 9.07. The highest BCUT2D eigenvalue weighted by Crippen LogP contribution is 2.38. The minimum absolute atomic E-state index is 0.183. The number of halogens is 1. The maximum atomic E-state index is 13.6. The van der Waals surface area contributed by atoms with Gasteiger partial charge in [0.1, 0.15) is 26.8 Å². The van der Waals surface area contributed by atoms with Crippen molar-refractivity contribution in [3.63, 3.8) is 0 Å². The number of hydrogen-bond donors (Lipinski definition) is 0. The number of ether oxygens (including phenoxy) is 3. The second-order valence-corrected chi connectivity index (χ2v) is 11.5. The zero-order chi connectivity index (χ0) is 27.1. The van der Waals surface area contributed by atoms with Gasteiger partial charge in [-0.1, -0.05) is 22.9 Å². The van der Waals surface area contributed by atoms with Gasteiger partial charge in [0.15, 0.2) is 17.5 Å². The predicted molar refractivity (Wildman–Crippen MR) is 144 cm³/mol. The first kappa shape index (κ1) is 25.9. The number of anilines is 1. The van der Waals surface area contributed by atoms with E-state index in [0.29, 0.717) is 41.8 Å². The van der Waals surface area contributed by atoms with Crippen molar-refractivity contribution in [2.45, 2.75) is 19.4 Å². The zero-order valence-corrected chi connectivity index (χ0v) is 23.5. The van der Waals surface area contributed by atoms with Crippen LogP contribution < -0.4 is 9.64 Å². The highest BCUT2D eigenvalue weighted by molar-refractivity contribution is 7.16. The topological polar surface area (TPSA) is 124 Å². The van der Waals surface area contributed by atoms with Gasteiger partial charge in [0.25, 0.3) is 5.91 Å². The van der Waals surface area contributed by atoms with Crippen molar-refractivity contribution in [1.29, 1.82) is 0 Å². The fraction of sp³-hybridized carbons (Fsp3) is 0.417. The summed E-state index contributed by atoms with van der Waals surface area (Å²) in [6.07, 6.45) is 2.02. The smallest absolute Gasteiger partial charge is 0.349 e. The van der Waals surface area contributed by atoms with Crippen LogP contribution in [0.4, 0.5) is 5.82 Å². The van der Waals surface area contributed by atoms with Gasteiger partial charge < -0.3 is 24.0 Å². The van der Waals surface area contributed by atoms with Crippen molar-refractivity contribution in [2.24, 2.45) is 0 Å². The molecule has 1 unspecified atom stereocenters. The normalized spacial score (nSPS) is 17.4. The summed E-state index contributed by atoms with van der Waals surface area (Å²) in [4.78, 5) is 44.3. The van der Waals surface area contributed by atoms with Crippen LogP contribution in [0.2, 0.25) is 5.15 Å². The molecule has 0 bridgehead atoms. The van der Waals surface area contributed by atoms with E-state index in [4.69, 9.17) is 30.8 Å². The number of morpholine rings is 1. The summed E-state index contributed by atoms with van der Waals surface area (Å²) in [6.45, 7) is 4.78. The summed E-state index contributed by atoms with van der Waals surface area (Å²) in [6, 6.07) is 2.95. The van der Waals surface area contributed by atoms with Crippen LogP contribution in [-0.2, 0) is 20.7 Å². The fourth-order valence-electron chi connectivity index (χ4n) is 4.70. The molecule has 2 aliphatic rings. The lowest BCUT2D eigenvalue weighted by Gasteiger charge is -2.34. The second kappa shape index (κ2) is 10.7. The molecule has 4 aromatic rings. The number of rotatable bonds is 6. The number of aromatic nitrogens is 5. The quantitative estimate of drug-likeness (QED) is 0.245. The summed E-state index contributed by atoms with van der Waals surface area (Å²) in [5.41, 5.74) is 1.61. The largest absolute Gasteiger partial charge is 0.481 e. The summed E-state index contributed by atoms with van der Waals surface area (Å²) in [5.74, 6) is 0.303. The van der Waals surface area contributed by atoms with Crippen LogP contribution in [-0.4, -0.2) is 87.9 Å². The van der Waals surface area contributed by atoms with Gasteiger partial charge in [-0.05, 0) is 19.1 Å². The molecule has 0 saturated carbocycles. The van der Waals surface area contributed by atoms with Crippen molar-refractivity contribution in [3.8, 4) is 5.75 Å². The Morgan fingerprint density at radius 1 is 1.18 bits per heavy atom. The number of nitrogens with zero attached hydrogens (tertiary/aromatic N) is 7. The Kier molecular flexibility index (Phi) is 7.10. The van der Waals surface area contributed by atoms with E-state index in [1.54, 1.807) is 15.5 Å². The first-order valence-corrected chi connectivity index (χ1v) is 14.2. The van der Waals surface area contributed by atoms with Crippen LogP contribution >= 0.6 is 34.3 Å². The first-order valence-electron chi connectivity index (χ1n) is 12.2. The number of carbonyl (C=O) groups is 2. The van der Waals surface area contributed by atoms with Crippen LogP contribution in [0.5, 0.6) is 5.75 Å². The lowest BCUT2D eigenvalue weighted by molar-refractivity contribution is -0.135. The number of pyridine rings is 1. The molecule has 0 aliphatic carbocycles. The Morgan fingerprint density at radius 3 is 2.77 bits per heavy atom. The molecule has 4 aromatic heterocycles. The van der Waals surface area contributed by atoms with Crippen LogP contribution in [0.1, 0.15) is 37.1 Å². The van der Waals surface area contributed by atoms with E-state index in [-0.39, 0.29) is 17.7 Å². The molecular formula is C24H24ClN7O5S2. The second-order valence-electron chi connectivity index (χ2n) is 8.90. The van der Waals surface area contributed by atoms with E-state index >= 15 is 0 Å². The highest BCUT2D eigenvalue weighted by Gasteiger charge is 2.39. The zero-order valence-electron chi connectivity index (χ0n) is 21.1. The van der Waals surface area contributed by atoms with Gasteiger partial charge in [-0.2, -0.15) is 5.10 Å². The van der Waals surface area contributed by atoms with Crippen molar-refractivity contribution < 1.29 is 23.8 Å². The molecule has 15 heteroatoms. The molecule has 6 rings (SSSR count). The molecule has 39 heavy (non-hydrogen) atoms. The van der Waals surface area contributed by atoms with E-state index in [0.717, 1.165) is 40.3 Å². The van der Waals surface area contributed by atoms with E-state index in [1.165, 1.54) is 36.0 Å². The molecule has 0 aromatic carbocycles. The summed E-state index contributed by atoms with van der Waals surface area (Å²) in [5, 5.41) is 6.21. The van der Waals surface area contributed by atoms with Crippen molar-refractivity contribution in [1.82, 2.24) is 29.5 Å². The summed E-state index contributed by atoms with van der Waals surface area (Å²) in [7, 11) is 1.32. The third-order valence-electron chi connectivity index (χ3n) is 6.53. The molecule has 0 spiro atoms. The lowest BCUT2D eigenvalue weighted by atomic mass is 10.0. The molecule has 1 atom stereocenters. The average molecular weight is 590 g/mol. The lowest BCUT2D eigenvalue weighted by Crippen LogP contribution is -2.43. The van der Waals surface area contributed by atoms with Gasteiger partial charge >= 0.3 is 5.97 Å². The Hall–Kier alpha value is -3.33. The standard InChI is InChI=1S/C24H24ClN7O5S2/c1-13-29-32-19-14(27-24(32)38-13)5-6-31(20(19)22-26-11-16(39-22)23(34)35-2)18(33)12-37-15-3-4-17(28-21(15)25)30-7-9-36-10-8-30/h3-4,11,20H,5-10,12H2,1-2H3. The van der Waals surface area contributed by atoms with E-state index in [1.807, 2.05) is 13.0 Å². The maximum absolute atomic E-state index is 13.6. The van der Waals surface area contributed by atoms with Gasteiger partial charge in [-0.15, -0.1) is 11.3 Å². The van der Waals surface area contributed by atoms with Crippen LogP contribution in [0.25, 0.3) is 4.96 Å². The van der Waals surface area contributed by atoms with Crippen molar-refractivity contribution in [2.75, 3.05) is 51.5 Å². The number of methoxy groups -OCH3 is 1. The number of esters is 1. The molecule has 6 heterocycles. The van der Waals surface area contributed by atoms with E-state index in [2.05, 4.69) is 20.0 Å². The number of imidazole rings is 1. The van der Waals surface area contributed by atoms with Gasteiger partial charge in [0.2, 0.25) is 4.96 Å². The fourth-order valence-corrected chi connectivity index (χ4v) is 6.63. The molecule has 12 nitrogen and oxygen atoms in total. The van der Waals surface area contributed by atoms with E-state index < -0.39 is 12.0 Å². The Labute approximate surface area is 236 Å². The number of hydrogen-bond acceptors (Lipinski definition) is 12. The molecule has 0 radical (unpaired) electrons. The molecule has 204 valence electrons. The van der Waals surface area contributed by atoms with E-state index in [9.17, 15) is 9.59 Å². The van der Waals surface area contributed by atoms with Gasteiger partial charge in [0, 0.05) is 26.1 Å². The van der Waals surface area contributed by atoms with Crippen LogP contribution in [0.3, 0.4) is 0 Å². The SMILES string of the molecule is COC(=O)c1cnc(C2c3c(nc4sc(C)nn34)CCN2C(=O)COc2ccc(N3CCOCC3)nc2Cl)s1. The van der Waals surface area contributed by atoms with Crippen LogP contribution in [0.15, 0.2) is 18.3 Å². The monoisotopic (exact) mass is 589 g/mol. The number of carbonyl (C=O) groups excluding carboxylic acids is 2. The van der Waals surface area contributed by atoms with Gasteiger partial charge in [0.05, 0.1) is 37.9 Å². The Morgan fingerprint density at radius 2 is 2.00 bits per heavy atom. The number of fused-ring (bicyclic) bond motifs is 3. The minimum Gasteiger partial charge on any atom is -0.481 e. The molecule has 1 saturated heterocycles. The van der Waals surface area contributed by atoms with Gasteiger partial charge in [-0.25, -0.2) is 24.3 Å². The number of amides is 1. The molecule has 1 fully saturated rings. The molecule has 2 aliphatic heterocycles. The average Bonchev–Trinajstić information content (AvgIpc) is 3.66. The summed E-state index contributed by atoms with van der Waals surface area (Å²) < 4.78 is 17.9. The molecule has 1 amide bonds. The molecule has 0 N–H and O–H groups in total. The van der Waals surface area contributed by atoms with Crippen LogP contribution in [0, 0.1) is 6.92 Å². The van der Waals surface area contributed by atoms with Gasteiger partial charge in [-0.3, -0.25) is 4.79 Å². The van der Waals surface area contributed by atoms with Crippen molar-refractivity contribution >= 4 is 56.9 Å². The Bertz CT molecular complexity index is 1550. The van der Waals surface area contributed by atoms with Crippen molar-refractivity contribution in [3.05, 3.63) is 49.8 Å². The first-order chi connectivity index (χ1) is 18.9. The molecular weight excluding hydrogens is 566 g/mol. The minimum atomic E-state index is -0.595. The maximum Gasteiger partial charge on any atom is 0.349 e.